The van der Waals surface area contributed by atoms with Crippen LogP contribution in [0.1, 0.15) is 18.1 Å². The van der Waals surface area contributed by atoms with Crippen LogP contribution in [0, 0.1) is 0 Å². The van der Waals surface area contributed by atoms with E-state index in [-0.39, 0.29) is 5.63 Å². The van der Waals surface area contributed by atoms with Crippen LogP contribution in [0.25, 0.3) is 11.0 Å². The third kappa shape index (κ3) is 3.48. The number of rotatable bonds is 4. The smallest absolute Gasteiger partial charge is 0.336 e. The number of piperazine rings is 1. The van der Waals surface area contributed by atoms with Crippen molar-refractivity contribution in [1.29, 1.82) is 0 Å². The standard InChI is InChI=1S/C21H23N3O2/c1-2-16-6-7-18-17(14-21(25)26-19(18)13-16)15-23-9-11-24(12-10-23)20-5-3-4-8-22-20/h3-8,13-14H,2,9-12,15H2,1H3/p+2. The number of aryl methyl sites for hydroxylation is 1. The van der Waals surface area contributed by atoms with E-state index in [1.807, 2.05) is 18.3 Å². The van der Waals surface area contributed by atoms with Crippen LogP contribution >= 0.6 is 0 Å². The topological polar surface area (TPSA) is 52.0 Å². The first-order valence-corrected chi connectivity index (χ1v) is 9.34. The molecule has 1 saturated heterocycles. The molecule has 0 unspecified atom stereocenters. The molecule has 3 heterocycles. The van der Waals surface area contributed by atoms with Crippen LogP contribution in [0.2, 0.25) is 0 Å². The Hall–Kier alpha value is -2.66. The number of aromatic amines is 1. The van der Waals surface area contributed by atoms with Gasteiger partial charge in [0, 0.05) is 23.1 Å². The lowest BCUT2D eigenvalue weighted by atomic mass is 10.1. The summed E-state index contributed by atoms with van der Waals surface area (Å²) in [6, 6.07) is 14.1. The minimum atomic E-state index is -0.252. The van der Waals surface area contributed by atoms with E-state index in [1.54, 1.807) is 6.07 Å². The number of fused-ring (bicyclic) bond motifs is 1. The molecule has 1 fully saturated rings. The van der Waals surface area contributed by atoms with Crippen molar-refractivity contribution in [3.63, 3.8) is 0 Å². The van der Waals surface area contributed by atoms with Gasteiger partial charge in [0.15, 0.2) is 0 Å². The zero-order valence-electron chi connectivity index (χ0n) is 15.1. The van der Waals surface area contributed by atoms with Gasteiger partial charge in [-0.2, -0.15) is 0 Å². The summed E-state index contributed by atoms with van der Waals surface area (Å²) in [4.78, 5) is 19.2. The lowest BCUT2D eigenvalue weighted by Crippen LogP contribution is -3.13. The molecule has 0 atom stereocenters. The number of benzene rings is 1. The highest BCUT2D eigenvalue weighted by molar-refractivity contribution is 5.80. The number of anilines is 1. The number of aromatic nitrogens is 1. The zero-order valence-corrected chi connectivity index (χ0v) is 15.1. The van der Waals surface area contributed by atoms with Crippen molar-refractivity contribution >= 4 is 16.8 Å². The van der Waals surface area contributed by atoms with Gasteiger partial charge in [0.2, 0.25) is 0 Å². The Kier molecular flexibility index (Phi) is 4.71. The fourth-order valence-corrected chi connectivity index (χ4v) is 3.73. The maximum absolute atomic E-state index is 12.0. The Bertz CT molecular complexity index is 944. The average Bonchev–Trinajstić information content (AvgIpc) is 2.68. The number of quaternary nitrogens is 1. The SMILES string of the molecule is CCc1ccc2c(C[NH+]3CCN(c4cccc[nH+]4)CC3)cc(=O)oc2c1. The van der Waals surface area contributed by atoms with E-state index in [9.17, 15) is 4.79 Å². The monoisotopic (exact) mass is 351 g/mol. The summed E-state index contributed by atoms with van der Waals surface area (Å²) < 4.78 is 5.43. The van der Waals surface area contributed by atoms with Crippen LogP contribution in [0.5, 0.6) is 0 Å². The Morgan fingerprint density at radius 1 is 1.15 bits per heavy atom. The highest BCUT2D eigenvalue weighted by atomic mass is 16.4. The largest absolute Gasteiger partial charge is 0.423 e. The zero-order chi connectivity index (χ0) is 17.9. The fourth-order valence-electron chi connectivity index (χ4n) is 3.73. The van der Waals surface area contributed by atoms with Crippen molar-refractivity contribution in [3.05, 3.63) is 70.2 Å². The first kappa shape index (κ1) is 16.8. The van der Waals surface area contributed by atoms with Crippen LogP contribution in [-0.4, -0.2) is 26.2 Å². The Morgan fingerprint density at radius 3 is 2.73 bits per heavy atom. The van der Waals surface area contributed by atoms with E-state index in [4.69, 9.17) is 4.42 Å². The molecular weight excluding hydrogens is 326 g/mol. The molecule has 134 valence electrons. The molecule has 0 saturated carbocycles. The summed E-state index contributed by atoms with van der Waals surface area (Å²) in [7, 11) is 0. The lowest BCUT2D eigenvalue weighted by molar-refractivity contribution is -0.914. The molecule has 2 aromatic heterocycles. The van der Waals surface area contributed by atoms with Crippen molar-refractivity contribution < 1.29 is 14.3 Å². The molecule has 1 aromatic carbocycles. The fraction of sp³-hybridized carbons (Fsp3) is 0.333. The average molecular weight is 351 g/mol. The summed E-state index contributed by atoms with van der Waals surface area (Å²) in [6.45, 7) is 7.09. The Balaban J connectivity index is 1.51. The van der Waals surface area contributed by atoms with Crippen molar-refractivity contribution in [2.75, 3.05) is 31.1 Å². The first-order valence-electron chi connectivity index (χ1n) is 9.34. The van der Waals surface area contributed by atoms with Gasteiger partial charge in [-0.05, 0) is 24.1 Å². The molecule has 0 amide bonds. The Labute approximate surface area is 152 Å². The number of hydrogen-bond acceptors (Lipinski definition) is 3. The maximum atomic E-state index is 12.0. The van der Waals surface area contributed by atoms with Gasteiger partial charge in [-0.15, -0.1) is 0 Å². The predicted molar refractivity (Wildman–Crippen MR) is 101 cm³/mol. The molecule has 0 aliphatic carbocycles. The van der Waals surface area contributed by atoms with Crippen molar-refractivity contribution in [3.8, 4) is 0 Å². The number of H-pyrrole nitrogens is 1. The maximum Gasteiger partial charge on any atom is 0.336 e. The van der Waals surface area contributed by atoms with Gasteiger partial charge < -0.3 is 9.32 Å². The second-order valence-electron chi connectivity index (χ2n) is 6.94. The molecule has 1 aliphatic heterocycles. The minimum Gasteiger partial charge on any atom is -0.423 e. The van der Waals surface area contributed by atoms with Crippen LogP contribution in [0.4, 0.5) is 5.82 Å². The normalized spacial score (nSPS) is 15.5. The van der Waals surface area contributed by atoms with E-state index in [1.165, 1.54) is 16.3 Å². The Morgan fingerprint density at radius 2 is 2.00 bits per heavy atom. The third-order valence-corrected chi connectivity index (χ3v) is 5.25. The quantitative estimate of drug-likeness (QED) is 0.716. The molecule has 0 radical (unpaired) electrons. The third-order valence-electron chi connectivity index (χ3n) is 5.25. The summed E-state index contributed by atoms with van der Waals surface area (Å²) in [6.07, 6.45) is 2.90. The summed E-state index contributed by atoms with van der Waals surface area (Å²) >= 11 is 0. The van der Waals surface area contributed by atoms with Gasteiger partial charge in [0.1, 0.15) is 38.3 Å². The van der Waals surface area contributed by atoms with Crippen LogP contribution in [0.15, 0.2) is 57.9 Å². The highest BCUT2D eigenvalue weighted by Crippen LogP contribution is 2.18. The van der Waals surface area contributed by atoms with Gasteiger partial charge in [0.25, 0.3) is 5.82 Å². The predicted octanol–water partition coefficient (Wildman–Crippen LogP) is 1.07. The van der Waals surface area contributed by atoms with Gasteiger partial charge >= 0.3 is 5.63 Å². The van der Waals surface area contributed by atoms with E-state index in [2.05, 4.69) is 41.1 Å². The summed E-state index contributed by atoms with van der Waals surface area (Å²) in [5, 5.41) is 1.06. The highest BCUT2D eigenvalue weighted by Gasteiger charge is 2.26. The molecule has 5 heteroatoms. The molecular formula is C21H25N3O2+2. The summed E-state index contributed by atoms with van der Waals surface area (Å²) in [5.41, 5.74) is 2.74. The van der Waals surface area contributed by atoms with Gasteiger partial charge in [0.05, 0.1) is 6.20 Å². The van der Waals surface area contributed by atoms with E-state index in [0.717, 1.165) is 50.1 Å². The number of nitrogens with one attached hydrogen (secondary N) is 2. The van der Waals surface area contributed by atoms with Gasteiger partial charge in [-0.1, -0.05) is 25.1 Å². The van der Waals surface area contributed by atoms with Crippen LogP contribution < -0.4 is 20.4 Å². The van der Waals surface area contributed by atoms with Crippen molar-refractivity contribution in [2.45, 2.75) is 19.9 Å². The molecule has 1 aliphatic rings. The van der Waals surface area contributed by atoms with E-state index < -0.39 is 0 Å². The van der Waals surface area contributed by atoms with E-state index >= 15 is 0 Å². The molecule has 26 heavy (non-hydrogen) atoms. The first-order chi connectivity index (χ1) is 12.7. The van der Waals surface area contributed by atoms with Crippen LogP contribution in [-0.2, 0) is 13.0 Å². The van der Waals surface area contributed by atoms with Crippen LogP contribution in [0.3, 0.4) is 0 Å². The molecule has 0 bridgehead atoms. The molecule has 5 nitrogen and oxygen atoms in total. The molecule has 0 spiro atoms. The molecule has 4 rings (SSSR count). The second-order valence-corrected chi connectivity index (χ2v) is 6.94. The summed E-state index contributed by atoms with van der Waals surface area (Å²) in [5.74, 6) is 1.17. The number of pyridine rings is 1. The van der Waals surface area contributed by atoms with Gasteiger partial charge in [-0.3, -0.25) is 4.90 Å². The van der Waals surface area contributed by atoms with E-state index in [0.29, 0.717) is 5.58 Å². The molecule has 3 aromatic rings. The number of nitrogens with zero attached hydrogens (tertiary/aromatic N) is 1. The van der Waals surface area contributed by atoms with Crippen molar-refractivity contribution in [2.24, 2.45) is 0 Å². The second kappa shape index (κ2) is 7.30. The molecule has 2 N–H and O–H groups in total. The number of hydrogen-bond donors (Lipinski definition) is 1. The minimum absolute atomic E-state index is 0.252. The van der Waals surface area contributed by atoms with Crippen molar-refractivity contribution in [1.82, 2.24) is 0 Å². The van der Waals surface area contributed by atoms with Gasteiger partial charge in [-0.25, -0.2) is 9.78 Å². The lowest BCUT2D eigenvalue weighted by Gasteiger charge is -2.28.